The zero-order valence-electron chi connectivity index (χ0n) is 11.6. The van der Waals surface area contributed by atoms with Gasteiger partial charge in [-0.05, 0) is 51.8 Å². The summed E-state index contributed by atoms with van der Waals surface area (Å²) in [5.74, 6) is -0.991. The second-order valence-corrected chi connectivity index (χ2v) is 6.61. The molecule has 0 spiro atoms. The van der Waals surface area contributed by atoms with Gasteiger partial charge in [-0.15, -0.1) is 0 Å². The van der Waals surface area contributed by atoms with Crippen LogP contribution in [0.1, 0.15) is 16.1 Å². The first kappa shape index (κ1) is 16.2. The van der Waals surface area contributed by atoms with E-state index in [1.807, 2.05) is 0 Å². The number of rotatable bonds is 3. The highest BCUT2D eigenvalue weighted by Gasteiger charge is 2.21. The molecule has 0 radical (unpaired) electrons. The number of aromatic carboxylic acids is 1. The van der Waals surface area contributed by atoms with Gasteiger partial charge in [-0.2, -0.15) is 0 Å². The summed E-state index contributed by atoms with van der Waals surface area (Å²) in [6, 6.07) is 9.89. The van der Waals surface area contributed by atoms with Crippen LogP contribution >= 0.6 is 39.1 Å². The molecule has 0 saturated carbocycles. The zero-order chi connectivity index (χ0) is 16.7. The lowest BCUT2D eigenvalue weighted by Gasteiger charge is -2.09. The largest absolute Gasteiger partial charge is 0.508 e. The number of benzene rings is 2. The van der Waals surface area contributed by atoms with Gasteiger partial charge < -0.3 is 14.8 Å². The van der Waals surface area contributed by atoms with E-state index >= 15 is 0 Å². The van der Waals surface area contributed by atoms with Crippen LogP contribution in [0.2, 0.25) is 10.0 Å². The molecule has 4 nitrogen and oxygen atoms in total. The van der Waals surface area contributed by atoms with Gasteiger partial charge >= 0.3 is 5.97 Å². The first-order valence-electron chi connectivity index (χ1n) is 6.56. The van der Waals surface area contributed by atoms with Crippen LogP contribution in [0.4, 0.5) is 0 Å². The maximum absolute atomic E-state index is 11.6. The number of hydrogen-bond acceptors (Lipinski definition) is 2. The average molecular weight is 415 g/mol. The van der Waals surface area contributed by atoms with Crippen LogP contribution in [0.5, 0.6) is 5.75 Å². The Morgan fingerprint density at radius 1 is 1.13 bits per heavy atom. The van der Waals surface area contributed by atoms with Crippen LogP contribution in [0.15, 0.2) is 40.9 Å². The normalized spacial score (nSPS) is 11.1. The summed E-state index contributed by atoms with van der Waals surface area (Å²) in [5, 5.41) is 20.7. The van der Waals surface area contributed by atoms with Gasteiger partial charge in [-0.3, -0.25) is 0 Å². The van der Waals surface area contributed by atoms with Crippen molar-refractivity contribution in [3.05, 3.63) is 62.2 Å². The monoisotopic (exact) mass is 413 g/mol. The van der Waals surface area contributed by atoms with Crippen molar-refractivity contribution in [1.29, 1.82) is 0 Å². The number of halogens is 3. The number of phenols is 1. The third-order valence-electron chi connectivity index (χ3n) is 3.51. The second kappa shape index (κ2) is 6.07. The second-order valence-electron chi connectivity index (χ2n) is 5.00. The number of carboxylic acids is 1. The van der Waals surface area contributed by atoms with Gasteiger partial charge in [0, 0.05) is 11.9 Å². The molecule has 0 saturated heterocycles. The maximum atomic E-state index is 11.6. The first-order valence-corrected chi connectivity index (χ1v) is 8.11. The van der Waals surface area contributed by atoms with Crippen LogP contribution in [0.3, 0.4) is 0 Å². The molecule has 0 fully saturated rings. The molecule has 2 N–H and O–H groups in total. The Kier molecular flexibility index (Phi) is 4.27. The van der Waals surface area contributed by atoms with Crippen molar-refractivity contribution >= 4 is 56.0 Å². The Morgan fingerprint density at radius 2 is 1.87 bits per heavy atom. The minimum Gasteiger partial charge on any atom is -0.508 e. The lowest BCUT2D eigenvalue weighted by atomic mass is 10.2. The molecular weight excluding hydrogens is 405 g/mol. The summed E-state index contributed by atoms with van der Waals surface area (Å²) < 4.78 is 2.08. The molecule has 0 aliphatic carbocycles. The highest BCUT2D eigenvalue weighted by atomic mass is 79.9. The Hall–Kier alpha value is -1.69. The maximum Gasteiger partial charge on any atom is 0.353 e. The fraction of sp³-hybridized carbons (Fsp3) is 0.0625. The molecule has 0 unspecified atom stereocenters. The van der Waals surface area contributed by atoms with Crippen molar-refractivity contribution in [2.45, 2.75) is 6.54 Å². The molecule has 0 aliphatic rings. The zero-order valence-corrected chi connectivity index (χ0v) is 14.7. The Labute approximate surface area is 150 Å². The summed E-state index contributed by atoms with van der Waals surface area (Å²) >= 11 is 15.3. The average Bonchev–Trinajstić information content (AvgIpc) is 2.75. The van der Waals surface area contributed by atoms with Crippen molar-refractivity contribution in [2.24, 2.45) is 0 Å². The number of carbonyl (C=O) groups is 1. The molecular formula is C16H10BrCl2NO3. The standard InChI is InChI=1S/C16H10BrCl2NO3/c17-14-10-6-9(21)2-4-13(10)20(15(14)16(22)23)7-8-1-3-11(18)12(19)5-8/h1-6,21H,7H2,(H,22,23). The van der Waals surface area contributed by atoms with Gasteiger partial charge in [0.15, 0.2) is 0 Å². The summed E-state index contributed by atoms with van der Waals surface area (Å²) in [7, 11) is 0. The molecule has 7 heteroatoms. The molecule has 1 heterocycles. The molecule has 0 bridgehead atoms. The number of carboxylic acid groups (broad SMARTS) is 1. The molecule has 0 amide bonds. The van der Waals surface area contributed by atoms with Gasteiger partial charge in [0.25, 0.3) is 0 Å². The highest BCUT2D eigenvalue weighted by Crippen LogP contribution is 2.34. The molecule has 1 aromatic heterocycles. The van der Waals surface area contributed by atoms with E-state index in [1.54, 1.807) is 28.8 Å². The van der Waals surface area contributed by atoms with E-state index < -0.39 is 5.97 Å². The minimum absolute atomic E-state index is 0.0711. The predicted molar refractivity (Wildman–Crippen MR) is 93.8 cm³/mol. The van der Waals surface area contributed by atoms with Crippen molar-refractivity contribution in [3.8, 4) is 5.75 Å². The van der Waals surface area contributed by atoms with Crippen molar-refractivity contribution < 1.29 is 15.0 Å². The number of nitrogens with zero attached hydrogens (tertiary/aromatic N) is 1. The number of aromatic nitrogens is 1. The Morgan fingerprint density at radius 3 is 2.52 bits per heavy atom. The Bertz CT molecular complexity index is 937. The van der Waals surface area contributed by atoms with E-state index in [9.17, 15) is 15.0 Å². The first-order chi connectivity index (χ1) is 10.9. The number of fused-ring (bicyclic) bond motifs is 1. The summed E-state index contributed by atoms with van der Waals surface area (Å²) in [5.41, 5.74) is 1.62. The van der Waals surface area contributed by atoms with Crippen LogP contribution in [-0.4, -0.2) is 20.7 Å². The number of hydrogen-bond donors (Lipinski definition) is 2. The topological polar surface area (TPSA) is 62.5 Å². The van der Waals surface area contributed by atoms with Crippen LogP contribution in [0, 0.1) is 0 Å². The van der Waals surface area contributed by atoms with Crippen molar-refractivity contribution in [1.82, 2.24) is 4.57 Å². The SMILES string of the molecule is O=C(O)c1c(Br)c2cc(O)ccc2n1Cc1ccc(Cl)c(Cl)c1. The van der Waals surface area contributed by atoms with Gasteiger partial charge in [-0.1, -0.05) is 29.3 Å². The summed E-state index contributed by atoms with van der Waals surface area (Å²) in [4.78, 5) is 11.6. The van der Waals surface area contributed by atoms with Gasteiger partial charge in [-0.25, -0.2) is 4.79 Å². The fourth-order valence-corrected chi connectivity index (χ4v) is 3.52. The summed E-state index contributed by atoms with van der Waals surface area (Å²) in [6.45, 7) is 0.311. The molecule has 3 aromatic rings. The number of aromatic hydroxyl groups is 1. The van der Waals surface area contributed by atoms with E-state index in [0.717, 1.165) is 5.56 Å². The highest BCUT2D eigenvalue weighted by molar-refractivity contribution is 9.10. The molecule has 2 aromatic carbocycles. The molecule has 3 rings (SSSR count). The van der Waals surface area contributed by atoms with Crippen LogP contribution in [-0.2, 0) is 6.54 Å². The lowest BCUT2D eigenvalue weighted by molar-refractivity contribution is 0.0685. The lowest BCUT2D eigenvalue weighted by Crippen LogP contribution is -2.10. The van der Waals surface area contributed by atoms with Crippen LogP contribution in [0.25, 0.3) is 10.9 Å². The van der Waals surface area contributed by atoms with Crippen LogP contribution < -0.4 is 0 Å². The van der Waals surface area contributed by atoms with Crippen molar-refractivity contribution in [3.63, 3.8) is 0 Å². The third-order valence-corrected chi connectivity index (χ3v) is 5.05. The van der Waals surface area contributed by atoms with E-state index in [2.05, 4.69) is 15.9 Å². The van der Waals surface area contributed by atoms with Gasteiger partial charge in [0.2, 0.25) is 0 Å². The molecule has 118 valence electrons. The smallest absolute Gasteiger partial charge is 0.353 e. The third kappa shape index (κ3) is 2.92. The van der Waals surface area contributed by atoms with Crippen molar-refractivity contribution in [2.75, 3.05) is 0 Å². The fourth-order valence-electron chi connectivity index (χ4n) is 2.50. The Balaban J connectivity index is 2.20. The van der Waals surface area contributed by atoms with E-state index in [0.29, 0.717) is 32.0 Å². The van der Waals surface area contributed by atoms with E-state index in [4.69, 9.17) is 23.2 Å². The molecule has 0 atom stereocenters. The quantitative estimate of drug-likeness (QED) is 0.621. The minimum atomic E-state index is -1.06. The number of phenolic OH excluding ortho intramolecular Hbond substituents is 1. The van der Waals surface area contributed by atoms with Gasteiger partial charge in [0.1, 0.15) is 11.4 Å². The van der Waals surface area contributed by atoms with E-state index in [1.165, 1.54) is 12.1 Å². The molecule has 23 heavy (non-hydrogen) atoms. The van der Waals surface area contributed by atoms with Gasteiger partial charge in [0.05, 0.1) is 20.0 Å². The predicted octanol–water partition coefficient (Wildman–Crippen LogP) is 5.16. The molecule has 0 aliphatic heterocycles. The summed E-state index contributed by atoms with van der Waals surface area (Å²) in [6.07, 6.45) is 0. The van der Waals surface area contributed by atoms with E-state index in [-0.39, 0.29) is 11.4 Å².